The van der Waals surface area contributed by atoms with Crippen molar-refractivity contribution in [3.63, 3.8) is 0 Å². The molecule has 0 amide bonds. The molecule has 52 valence electrons. The van der Waals surface area contributed by atoms with Crippen LogP contribution in [0.25, 0.3) is 0 Å². The van der Waals surface area contributed by atoms with Crippen LogP contribution in [0.1, 0.15) is 0 Å². The molecular formula is C7H5BrO2. The first-order valence-corrected chi connectivity index (χ1v) is 3.49. The molecule has 0 spiro atoms. The largest absolute Gasteiger partial charge is 0.504 e. The van der Waals surface area contributed by atoms with Crippen LogP contribution in [0.4, 0.5) is 0 Å². The Hall–Kier alpha value is -0.830. The first-order chi connectivity index (χ1) is 4.72. The zero-order chi connectivity index (χ0) is 7.56. The highest BCUT2D eigenvalue weighted by Gasteiger charge is 1.95. The summed E-state index contributed by atoms with van der Waals surface area (Å²) in [6.07, 6.45) is 0. The molecule has 0 aliphatic rings. The van der Waals surface area contributed by atoms with Crippen LogP contribution in [-0.4, -0.2) is 5.11 Å². The molecule has 0 aliphatic heterocycles. The fourth-order valence-corrected chi connectivity index (χ4v) is 0.916. The Balaban J connectivity index is 3.53. The third kappa shape index (κ3) is 1.36. The number of hydrogen-bond donors (Lipinski definition) is 1. The molecule has 1 aromatic rings. The van der Waals surface area contributed by atoms with Crippen LogP contribution in [0.5, 0.6) is 5.75 Å². The molecule has 1 N–H and O–H groups in total. The number of halogens is 1. The van der Waals surface area contributed by atoms with Crippen LogP contribution in [-0.2, 0) is 0 Å². The molecule has 1 rings (SSSR count). The quantitative estimate of drug-likeness (QED) is 0.690. The molecule has 0 atom stereocenters. The molecule has 0 aromatic heterocycles. The lowest BCUT2D eigenvalue weighted by molar-refractivity contribution is 0.470. The Morgan fingerprint density at radius 1 is 1.30 bits per heavy atom. The lowest BCUT2D eigenvalue weighted by atomic mass is 10.5. The molecule has 3 heteroatoms. The molecule has 10 heavy (non-hydrogen) atoms. The van der Waals surface area contributed by atoms with Crippen LogP contribution >= 0.6 is 15.9 Å². The van der Waals surface area contributed by atoms with Gasteiger partial charge in [0.05, 0.1) is 4.47 Å². The smallest absolute Gasteiger partial charge is 0.234 e. The van der Waals surface area contributed by atoms with Crippen molar-refractivity contribution in [2.24, 2.45) is 0 Å². The van der Waals surface area contributed by atoms with Crippen molar-refractivity contribution in [2.45, 2.75) is 0 Å². The highest BCUT2D eigenvalue weighted by atomic mass is 79.9. The minimum Gasteiger partial charge on any atom is -0.504 e. The van der Waals surface area contributed by atoms with Gasteiger partial charge in [0.25, 0.3) is 0 Å². The van der Waals surface area contributed by atoms with Gasteiger partial charge in [-0.25, -0.2) is 0 Å². The zero-order valence-corrected chi connectivity index (χ0v) is 6.63. The summed E-state index contributed by atoms with van der Waals surface area (Å²) in [5, 5.41) is 8.92. The van der Waals surface area contributed by atoms with Gasteiger partial charge < -0.3 is 5.11 Å². The van der Waals surface area contributed by atoms with Crippen molar-refractivity contribution in [1.82, 2.24) is 0 Å². The van der Waals surface area contributed by atoms with Gasteiger partial charge in [0.2, 0.25) is 5.43 Å². The summed E-state index contributed by atoms with van der Waals surface area (Å²) in [5.41, 5.74) is -0.384. The van der Waals surface area contributed by atoms with E-state index in [4.69, 9.17) is 5.11 Å². The molecule has 1 aromatic carbocycles. The van der Waals surface area contributed by atoms with E-state index >= 15 is 0 Å². The predicted molar refractivity (Wildman–Crippen MR) is 42.1 cm³/mol. The normalized spacial score (nSPS) is 9.30. The van der Waals surface area contributed by atoms with E-state index in [9.17, 15) is 4.79 Å². The number of aromatic hydroxyl groups is 1. The van der Waals surface area contributed by atoms with Crippen molar-refractivity contribution in [2.75, 3.05) is 0 Å². The zero-order valence-electron chi connectivity index (χ0n) is 5.04. The van der Waals surface area contributed by atoms with E-state index in [0.29, 0.717) is 4.47 Å². The Bertz CT molecular complexity index is 268. The number of hydrogen-bond acceptors (Lipinski definition) is 2. The highest BCUT2D eigenvalue weighted by molar-refractivity contribution is 9.10. The van der Waals surface area contributed by atoms with Gasteiger partial charge in [0, 0.05) is 0 Å². The van der Waals surface area contributed by atoms with E-state index in [0.717, 1.165) is 0 Å². The van der Waals surface area contributed by atoms with E-state index in [2.05, 4.69) is 15.9 Å². The predicted octanol–water partition coefficient (Wildman–Crippen LogP) is 1.51. The third-order valence-corrected chi connectivity index (χ3v) is 1.68. The second-order valence-corrected chi connectivity index (χ2v) is 2.63. The topological polar surface area (TPSA) is 37.3 Å². The highest BCUT2D eigenvalue weighted by Crippen LogP contribution is 2.05. The van der Waals surface area contributed by atoms with Gasteiger partial charge in [0.1, 0.15) is 0 Å². The van der Waals surface area contributed by atoms with Crippen molar-refractivity contribution < 1.29 is 5.11 Å². The van der Waals surface area contributed by atoms with E-state index in [-0.39, 0.29) is 11.2 Å². The summed E-state index contributed by atoms with van der Waals surface area (Å²) >= 11 is 3.00. The van der Waals surface area contributed by atoms with Crippen molar-refractivity contribution in [1.29, 1.82) is 0 Å². The molecule has 0 fully saturated rings. The molecule has 0 saturated carbocycles. The maximum atomic E-state index is 10.9. The fourth-order valence-electron chi connectivity index (χ4n) is 0.560. The molecular weight excluding hydrogens is 196 g/mol. The summed E-state index contributed by atoms with van der Waals surface area (Å²) in [6, 6.07) is 6.21. The van der Waals surface area contributed by atoms with Crippen LogP contribution in [0.2, 0.25) is 0 Å². The Labute approximate surface area is 66.3 Å². The summed E-state index contributed by atoms with van der Waals surface area (Å²) < 4.78 is 0.370. The molecule has 0 saturated heterocycles. The van der Waals surface area contributed by atoms with Crippen molar-refractivity contribution in [3.05, 3.63) is 39.0 Å². The standard InChI is InChI=1S/C7H5BrO2/c8-5-3-1-2-4-6(9)7(5)10/h1-4H,(H,9,10). The molecule has 0 unspecified atom stereocenters. The summed E-state index contributed by atoms with van der Waals surface area (Å²) in [6.45, 7) is 0. The minimum absolute atomic E-state index is 0.239. The fraction of sp³-hybridized carbons (Fsp3) is 0. The van der Waals surface area contributed by atoms with Crippen LogP contribution < -0.4 is 5.43 Å². The average molecular weight is 201 g/mol. The Morgan fingerprint density at radius 2 is 1.90 bits per heavy atom. The van der Waals surface area contributed by atoms with Gasteiger partial charge in [-0.1, -0.05) is 12.1 Å². The van der Waals surface area contributed by atoms with Crippen molar-refractivity contribution in [3.8, 4) is 5.75 Å². The Kier molecular flexibility index (Phi) is 2.06. The third-order valence-electron chi connectivity index (χ3n) is 1.06. The maximum Gasteiger partial charge on any atom is 0.234 e. The number of rotatable bonds is 0. The first kappa shape index (κ1) is 7.28. The van der Waals surface area contributed by atoms with E-state index < -0.39 is 0 Å². The molecule has 2 nitrogen and oxygen atoms in total. The molecule has 0 radical (unpaired) electrons. The SMILES string of the molecule is O=c1c(O)ccccc1Br. The average Bonchev–Trinajstić information content (AvgIpc) is 2.04. The monoisotopic (exact) mass is 200 g/mol. The maximum absolute atomic E-state index is 10.9. The van der Waals surface area contributed by atoms with Gasteiger partial charge >= 0.3 is 0 Å². The summed E-state index contributed by atoms with van der Waals surface area (Å²) in [7, 11) is 0. The summed E-state index contributed by atoms with van der Waals surface area (Å²) in [5.74, 6) is -0.239. The van der Waals surface area contributed by atoms with Gasteiger partial charge in [-0.3, -0.25) is 4.79 Å². The first-order valence-electron chi connectivity index (χ1n) is 2.69. The van der Waals surface area contributed by atoms with Gasteiger partial charge in [-0.15, -0.1) is 0 Å². The van der Waals surface area contributed by atoms with Crippen LogP contribution in [0.3, 0.4) is 0 Å². The molecule has 0 aliphatic carbocycles. The second-order valence-electron chi connectivity index (χ2n) is 1.78. The van der Waals surface area contributed by atoms with E-state index in [1.807, 2.05) is 0 Å². The second kappa shape index (κ2) is 2.84. The van der Waals surface area contributed by atoms with E-state index in [1.54, 1.807) is 18.2 Å². The van der Waals surface area contributed by atoms with Crippen LogP contribution in [0, 0.1) is 0 Å². The van der Waals surface area contributed by atoms with Gasteiger partial charge in [-0.05, 0) is 28.1 Å². The van der Waals surface area contributed by atoms with Crippen LogP contribution in [0.15, 0.2) is 33.5 Å². The van der Waals surface area contributed by atoms with Gasteiger partial charge in [-0.2, -0.15) is 0 Å². The Morgan fingerprint density at radius 3 is 2.60 bits per heavy atom. The summed E-state index contributed by atoms with van der Waals surface area (Å²) in [4.78, 5) is 10.9. The lowest BCUT2D eigenvalue weighted by Crippen LogP contribution is -1.95. The van der Waals surface area contributed by atoms with E-state index in [1.165, 1.54) is 6.07 Å². The van der Waals surface area contributed by atoms with Gasteiger partial charge in [0.15, 0.2) is 5.75 Å². The molecule has 0 bridgehead atoms. The van der Waals surface area contributed by atoms with Crippen molar-refractivity contribution >= 4 is 15.9 Å². The lowest BCUT2D eigenvalue weighted by Gasteiger charge is -1.79. The minimum atomic E-state index is -0.384. The molecule has 0 heterocycles.